The third-order valence-electron chi connectivity index (χ3n) is 3.07. The second-order valence-corrected chi connectivity index (χ2v) is 4.95. The molecule has 0 aromatic heterocycles. The van der Waals surface area contributed by atoms with Gasteiger partial charge in [-0.1, -0.05) is 18.2 Å². The van der Waals surface area contributed by atoms with Crippen LogP contribution < -0.4 is 0 Å². The second kappa shape index (κ2) is 6.61. The zero-order valence-corrected chi connectivity index (χ0v) is 12.3. The molecule has 2 aromatic rings. The number of hydrogen-bond acceptors (Lipinski definition) is 2. The van der Waals surface area contributed by atoms with E-state index in [0.717, 1.165) is 0 Å². The van der Waals surface area contributed by atoms with E-state index < -0.39 is 53.0 Å². The van der Waals surface area contributed by atoms with Crippen LogP contribution in [0.4, 0.5) is 50.9 Å². The first kappa shape index (κ1) is 19.7. The van der Waals surface area contributed by atoms with Crippen LogP contribution in [0.25, 0.3) is 0 Å². The summed E-state index contributed by atoms with van der Waals surface area (Å²) in [7, 11) is 0. The number of halogens is 9. The minimum absolute atomic E-state index is 0.0753. The molecule has 2 rings (SSSR count). The maximum Gasteiger partial charge on any atom is 0.418 e. The molecule has 0 radical (unpaired) electrons. The zero-order chi connectivity index (χ0) is 19.8. The highest BCUT2D eigenvalue weighted by molar-refractivity contribution is 5.58. The van der Waals surface area contributed by atoms with Crippen molar-refractivity contribution >= 4 is 11.4 Å². The number of azo groups is 1. The van der Waals surface area contributed by atoms with E-state index in [4.69, 9.17) is 0 Å². The molecule has 0 aliphatic carbocycles. The van der Waals surface area contributed by atoms with Gasteiger partial charge >= 0.3 is 18.5 Å². The third kappa shape index (κ3) is 4.52. The van der Waals surface area contributed by atoms with Gasteiger partial charge in [0, 0.05) is 0 Å². The van der Waals surface area contributed by atoms with Gasteiger partial charge in [0.05, 0.1) is 22.4 Å². The van der Waals surface area contributed by atoms with Gasteiger partial charge in [-0.3, -0.25) is 0 Å². The predicted molar refractivity (Wildman–Crippen MR) is 72.1 cm³/mol. The van der Waals surface area contributed by atoms with Crippen molar-refractivity contribution in [3.05, 3.63) is 59.2 Å². The lowest BCUT2D eigenvalue weighted by Gasteiger charge is -2.18. The van der Waals surface area contributed by atoms with Crippen molar-refractivity contribution in [1.82, 2.24) is 0 Å². The number of rotatable bonds is 2. The Morgan fingerprint density at radius 2 is 1.04 bits per heavy atom. The van der Waals surface area contributed by atoms with Crippen LogP contribution in [0.2, 0.25) is 0 Å². The second-order valence-electron chi connectivity index (χ2n) is 4.95. The van der Waals surface area contributed by atoms with Crippen molar-refractivity contribution < 1.29 is 39.5 Å². The summed E-state index contributed by atoms with van der Waals surface area (Å²) >= 11 is 0. The van der Waals surface area contributed by atoms with Crippen molar-refractivity contribution in [2.75, 3.05) is 0 Å². The average Bonchev–Trinajstić information content (AvgIpc) is 2.50. The van der Waals surface area contributed by atoms with Crippen LogP contribution in [0.1, 0.15) is 16.7 Å². The molecule has 2 nitrogen and oxygen atoms in total. The van der Waals surface area contributed by atoms with E-state index in [2.05, 4.69) is 10.2 Å². The van der Waals surface area contributed by atoms with Gasteiger partial charge < -0.3 is 0 Å². The van der Waals surface area contributed by atoms with E-state index in [0.29, 0.717) is 0 Å². The van der Waals surface area contributed by atoms with Crippen LogP contribution in [0.15, 0.2) is 52.7 Å². The molecule has 0 aliphatic rings. The summed E-state index contributed by atoms with van der Waals surface area (Å²) < 4.78 is 117. The van der Waals surface area contributed by atoms with Crippen LogP contribution >= 0.6 is 0 Å². The van der Waals surface area contributed by atoms with Crippen molar-refractivity contribution in [3.8, 4) is 0 Å². The van der Waals surface area contributed by atoms with Crippen LogP contribution in [0, 0.1) is 0 Å². The summed E-state index contributed by atoms with van der Waals surface area (Å²) in [6, 6.07) is 5.96. The first-order valence-electron chi connectivity index (χ1n) is 6.66. The van der Waals surface area contributed by atoms with E-state index in [1.807, 2.05) is 0 Å². The van der Waals surface area contributed by atoms with E-state index in [1.165, 1.54) is 30.3 Å². The molecular formula is C15H7F9N2. The van der Waals surface area contributed by atoms with Gasteiger partial charge in [-0.2, -0.15) is 44.6 Å². The summed E-state index contributed by atoms with van der Waals surface area (Å²) in [5, 5.41) is 6.21. The number of alkyl halides is 9. The van der Waals surface area contributed by atoms with Crippen LogP contribution in [0.3, 0.4) is 0 Å². The van der Waals surface area contributed by atoms with Crippen molar-refractivity contribution in [3.63, 3.8) is 0 Å². The summed E-state index contributed by atoms with van der Waals surface area (Å²) in [6.07, 6.45) is -16.4. The predicted octanol–water partition coefficient (Wildman–Crippen LogP) is 7.16. The van der Waals surface area contributed by atoms with Crippen LogP contribution in [-0.2, 0) is 18.5 Å². The largest absolute Gasteiger partial charge is 0.418 e. The Morgan fingerprint density at radius 3 is 1.42 bits per heavy atom. The van der Waals surface area contributed by atoms with Crippen molar-refractivity contribution in [1.29, 1.82) is 0 Å². The van der Waals surface area contributed by atoms with E-state index in [-0.39, 0.29) is 5.69 Å². The maximum absolute atomic E-state index is 13.1. The molecule has 0 amide bonds. The molecular weight excluding hydrogens is 379 g/mol. The van der Waals surface area contributed by atoms with E-state index >= 15 is 0 Å². The SMILES string of the molecule is FC(F)(F)c1cc(C(F)(F)F)c(N=Nc2ccccc2)c(C(F)(F)F)c1. The quantitative estimate of drug-likeness (QED) is 0.387. The summed E-state index contributed by atoms with van der Waals surface area (Å²) in [5.74, 6) is 0. The highest BCUT2D eigenvalue weighted by Gasteiger charge is 2.45. The minimum atomic E-state index is -5.51. The monoisotopic (exact) mass is 386 g/mol. The van der Waals surface area contributed by atoms with Crippen molar-refractivity contribution in [2.45, 2.75) is 18.5 Å². The molecule has 0 fully saturated rings. The fourth-order valence-corrected chi connectivity index (χ4v) is 1.94. The van der Waals surface area contributed by atoms with Gasteiger partial charge in [-0.25, -0.2) is 0 Å². The first-order chi connectivity index (χ1) is 11.8. The Morgan fingerprint density at radius 1 is 0.577 bits per heavy atom. The minimum Gasteiger partial charge on any atom is -0.166 e. The highest BCUT2D eigenvalue weighted by atomic mass is 19.4. The molecule has 0 saturated carbocycles. The number of benzene rings is 2. The fourth-order valence-electron chi connectivity index (χ4n) is 1.94. The number of hydrogen-bond donors (Lipinski definition) is 0. The first-order valence-corrected chi connectivity index (χ1v) is 6.66. The normalized spacial score (nSPS) is 13.4. The Balaban J connectivity index is 2.76. The van der Waals surface area contributed by atoms with Gasteiger partial charge in [-0.05, 0) is 24.3 Å². The Kier molecular flexibility index (Phi) is 5.02. The van der Waals surface area contributed by atoms with Gasteiger partial charge in [-0.15, -0.1) is 5.11 Å². The van der Waals surface area contributed by atoms with Crippen LogP contribution in [-0.4, -0.2) is 0 Å². The standard InChI is InChI=1S/C15H7F9N2/c16-13(17,18)8-6-10(14(19,20)21)12(11(7-8)15(22,23)24)26-25-9-4-2-1-3-5-9/h1-7H. The van der Waals surface area contributed by atoms with E-state index in [1.54, 1.807) is 0 Å². The van der Waals surface area contributed by atoms with Crippen molar-refractivity contribution in [2.24, 2.45) is 10.2 Å². The van der Waals surface area contributed by atoms with Crippen LogP contribution in [0.5, 0.6) is 0 Å². The lowest BCUT2D eigenvalue weighted by Crippen LogP contribution is -2.16. The molecule has 0 bridgehead atoms. The molecule has 0 saturated heterocycles. The van der Waals surface area contributed by atoms with E-state index in [9.17, 15) is 39.5 Å². The smallest absolute Gasteiger partial charge is 0.166 e. The maximum atomic E-state index is 13.1. The van der Waals surface area contributed by atoms with Gasteiger partial charge in [0.25, 0.3) is 0 Å². The summed E-state index contributed by atoms with van der Waals surface area (Å²) in [5.41, 5.74) is -8.26. The molecule has 0 N–H and O–H groups in total. The fraction of sp³-hybridized carbons (Fsp3) is 0.200. The van der Waals surface area contributed by atoms with Gasteiger partial charge in [0.2, 0.25) is 0 Å². The Bertz CT molecular complexity index is 768. The third-order valence-corrected chi connectivity index (χ3v) is 3.07. The molecule has 0 aliphatic heterocycles. The Hall–Kier alpha value is -2.59. The average molecular weight is 386 g/mol. The highest BCUT2D eigenvalue weighted by Crippen LogP contribution is 2.47. The summed E-state index contributed by atoms with van der Waals surface area (Å²) in [4.78, 5) is 0. The molecule has 140 valence electrons. The summed E-state index contributed by atoms with van der Waals surface area (Å²) in [6.45, 7) is 0. The molecule has 0 unspecified atom stereocenters. The topological polar surface area (TPSA) is 24.7 Å². The molecule has 0 atom stereocenters. The zero-order valence-electron chi connectivity index (χ0n) is 12.3. The molecule has 2 aromatic carbocycles. The van der Waals surface area contributed by atoms with Gasteiger partial charge in [0.15, 0.2) is 0 Å². The molecule has 0 heterocycles. The molecule has 0 spiro atoms. The van der Waals surface area contributed by atoms with Gasteiger partial charge in [0.1, 0.15) is 5.69 Å². The lowest BCUT2D eigenvalue weighted by atomic mass is 10.0. The number of nitrogens with zero attached hydrogens (tertiary/aromatic N) is 2. The molecule has 26 heavy (non-hydrogen) atoms. The molecule has 11 heteroatoms. The lowest BCUT2D eigenvalue weighted by molar-refractivity contribution is -0.147. The Labute approximate surface area is 140 Å².